The Bertz CT molecular complexity index is 633. The number of halogens is 2. The average molecular weight is 351 g/mol. The van der Waals surface area contributed by atoms with E-state index in [1.165, 1.54) is 18.2 Å². The molecule has 3 N–H and O–H groups in total. The van der Waals surface area contributed by atoms with E-state index < -0.39 is 12.0 Å². The number of nitrogens with two attached hydrogens (primary N) is 1. The van der Waals surface area contributed by atoms with Gasteiger partial charge in [0.25, 0.3) is 0 Å². The Labute approximate surface area is 131 Å². The highest BCUT2D eigenvalue weighted by atomic mass is 79.9. The third-order valence-corrected chi connectivity index (χ3v) is 3.98. The van der Waals surface area contributed by atoms with Crippen molar-refractivity contribution < 1.29 is 9.18 Å². The molecule has 21 heavy (non-hydrogen) atoms. The van der Waals surface area contributed by atoms with E-state index in [0.717, 1.165) is 5.56 Å². The Morgan fingerprint density at radius 3 is 2.52 bits per heavy atom. The molecule has 5 heteroatoms. The molecule has 0 aromatic heterocycles. The molecule has 1 amide bonds. The first-order valence-electron chi connectivity index (χ1n) is 6.55. The monoisotopic (exact) mass is 350 g/mol. The second-order valence-electron chi connectivity index (χ2n) is 4.84. The van der Waals surface area contributed by atoms with E-state index in [0.29, 0.717) is 10.2 Å². The molecule has 0 saturated carbocycles. The summed E-state index contributed by atoms with van der Waals surface area (Å²) in [6, 6.07) is 13.2. The number of benzene rings is 2. The summed E-state index contributed by atoms with van der Waals surface area (Å²) in [6.07, 6.45) is 0. The molecule has 2 aromatic rings. The number of carbonyl (C=O) groups is 1. The quantitative estimate of drug-likeness (QED) is 0.879. The number of rotatable bonds is 4. The molecule has 0 spiro atoms. The van der Waals surface area contributed by atoms with Crippen LogP contribution < -0.4 is 11.1 Å². The molecule has 3 nitrogen and oxygen atoms in total. The van der Waals surface area contributed by atoms with Gasteiger partial charge in [-0.2, -0.15) is 0 Å². The van der Waals surface area contributed by atoms with Crippen LogP contribution in [0.3, 0.4) is 0 Å². The van der Waals surface area contributed by atoms with Crippen LogP contribution in [0.1, 0.15) is 18.5 Å². The summed E-state index contributed by atoms with van der Waals surface area (Å²) < 4.78 is 13.5. The summed E-state index contributed by atoms with van der Waals surface area (Å²) >= 11 is 3.22. The minimum atomic E-state index is -0.413. The van der Waals surface area contributed by atoms with Crippen LogP contribution in [-0.2, 0) is 4.79 Å². The fourth-order valence-electron chi connectivity index (χ4n) is 1.96. The van der Waals surface area contributed by atoms with Gasteiger partial charge in [-0.05, 0) is 39.7 Å². The third-order valence-electron chi connectivity index (χ3n) is 3.33. The van der Waals surface area contributed by atoms with Gasteiger partial charge >= 0.3 is 0 Å². The summed E-state index contributed by atoms with van der Waals surface area (Å²) in [5.41, 5.74) is 7.55. The van der Waals surface area contributed by atoms with Crippen LogP contribution >= 0.6 is 15.9 Å². The first-order chi connectivity index (χ1) is 9.99. The second kappa shape index (κ2) is 6.83. The number of nitrogens with one attached hydrogen (secondary N) is 1. The topological polar surface area (TPSA) is 55.1 Å². The lowest BCUT2D eigenvalue weighted by molar-refractivity contribution is -0.120. The highest BCUT2D eigenvalue weighted by molar-refractivity contribution is 9.10. The lowest BCUT2D eigenvalue weighted by Crippen LogP contribution is -2.30. The van der Waals surface area contributed by atoms with Crippen LogP contribution in [0.2, 0.25) is 0 Å². The zero-order chi connectivity index (χ0) is 15.4. The van der Waals surface area contributed by atoms with E-state index in [2.05, 4.69) is 21.2 Å². The van der Waals surface area contributed by atoms with Gasteiger partial charge in [0.1, 0.15) is 5.82 Å². The van der Waals surface area contributed by atoms with Crippen LogP contribution in [0, 0.1) is 11.7 Å². The zero-order valence-electron chi connectivity index (χ0n) is 11.5. The van der Waals surface area contributed by atoms with Crippen molar-refractivity contribution >= 4 is 27.5 Å². The standard InChI is InChI=1S/C16H16BrFN2O/c1-10(15(19)11-5-3-2-4-6-11)16(21)20-14-8-7-12(18)9-13(14)17/h2-10,15H,19H2,1H3,(H,20,21). The fraction of sp³-hybridized carbons (Fsp3) is 0.188. The van der Waals surface area contributed by atoms with Crippen LogP contribution in [0.5, 0.6) is 0 Å². The Kier molecular flexibility index (Phi) is 5.09. The molecule has 2 aromatic carbocycles. The highest BCUT2D eigenvalue weighted by Gasteiger charge is 2.22. The van der Waals surface area contributed by atoms with Gasteiger partial charge in [-0.1, -0.05) is 37.3 Å². The predicted molar refractivity (Wildman–Crippen MR) is 85.3 cm³/mol. The van der Waals surface area contributed by atoms with Crippen molar-refractivity contribution in [3.63, 3.8) is 0 Å². The highest BCUT2D eigenvalue weighted by Crippen LogP contribution is 2.25. The Balaban J connectivity index is 2.09. The number of carbonyl (C=O) groups excluding carboxylic acids is 1. The van der Waals surface area contributed by atoms with E-state index in [1.54, 1.807) is 6.92 Å². The first-order valence-corrected chi connectivity index (χ1v) is 7.35. The van der Waals surface area contributed by atoms with Crippen molar-refractivity contribution in [3.8, 4) is 0 Å². The van der Waals surface area contributed by atoms with Crippen molar-refractivity contribution in [2.24, 2.45) is 11.7 Å². The Hall–Kier alpha value is -1.72. The number of hydrogen-bond donors (Lipinski definition) is 2. The van der Waals surface area contributed by atoms with E-state index in [1.807, 2.05) is 30.3 Å². The van der Waals surface area contributed by atoms with Gasteiger partial charge in [0.2, 0.25) is 5.91 Å². The molecule has 0 aliphatic heterocycles. The molecule has 0 bridgehead atoms. The molecule has 0 fully saturated rings. The largest absolute Gasteiger partial charge is 0.325 e. The molecule has 2 unspecified atom stereocenters. The van der Waals surface area contributed by atoms with Gasteiger partial charge in [0.05, 0.1) is 11.6 Å². The van der Waals surface area contributed by atoms with Crippen molar-refractivity contribution in [1.29, 1.82) is 0 Å². The SMILES string of the molecule is CC(C(=O)Nc1ccc(F)cc1Br)C(N)c1ccccc1. The zero-order valence-corrected chi connectivity index (χ0v) is 13.1. The molecule has 0 saturated heterocycles. The lowest BCUT2D eigenvalue weighted by atomic mass is 9.94. The van der Waals surface area contributed by atoms with Crippen LogP contribution in [0.25, 0.3) is 0 Å². The molecule has 0 heterocycles. The summed E-state index contributed by atoms with van der Waals surface area (Å²) in [5, 5.41) is 2.76. The van der Waals surface area contributed by atoms with Gasteiger partial charge in [0, 0.05) is 10.5 Å². The van der Waals surface area contributed by atoms with Gasteiger partial charge in [0.15, 0.2) is 0 Å². The maximum absolute atomic E-state index is 13.0. The number of hydrogen-bond acceptors (Lipinski definition) is 2. The molecular weight excluding hydrogens is 335 g/mol. The maximum atomic E-state index is 13.0. The van der Waals surface area contributed by atoms with Crippen LogP contribution in [-0.4, -0.2) is 5.91 Å². The second-order valence-corrected chi connectivity index (χ2v) is 5.69. The van der Waals surface area contributed by atoms with Crippen LogP contribution in [0.15, 0.2) is 53.0 Å². The third kappa shape index (κ3) is 3.89. The molecule has 110 valence electrons. The normalized spacial score (nSPS) is 13.5. The van der Waals surface area contributed by atoms with Crippen molar-refractivity contribution in [3.05, 3.63) is 64.4 Å². The summed E-state index contributed by atoms with van der Waals surface area (Å²) in [5.74, 6) is -0.989. The van der Waals surface area contributed by atoms with E-state index in [9.17, 15) is 9.18 Å². The predicted octanol–water partition coefficient (Wildman–Crippen LogP) is 3.86. The minimum absolute atomic E-state index is 0.210. The van der Waals surface area contributed by atoms with Crippen LogP contribution in [0.4, 0.5) is 10.1 Å². The molecule has 2 rings (SSSR count). The Morgan fingerprint density at radius 2 is 1.90 bits per heavy atom. The molecular formula is C16H16BrFN2O. The van der Waals surface area contributed by atoms with Crippen molar-refractivity contribution in [2.45, 2.75) is 13.0 Å². The van der Waals surface area contributed by atoms with Gasteiger partial charge < -0.3 is 11.1 Å². The smallest absolute Gasteiger partial charge is 0.229 e. The van der Waals surface area contributed by atoms with E-state index in [-0.39, 0.29) is 11.7 Å². The maximum Gasteiger partial charge on any atom is 0.229 e. The number of anilines is 1. The van der Waals surface area contributed by atoms with Gasteiger partial charge in [-0.15, -0.1) is 0 Å². The van der Waals surface area contributed by atoms with E-state index in [4.69, 9.17) is 5.73 Å². The summed E-state index contributed by atoms with van der Waals surface area (Å²) in [4.78, 5) is 12.3. The summed E-state index contributed by atoms with van der Waals surface area (Å²) in [7, 11) is 0. The molecule has 0 radical (unpaired) electrons. The van der Waals surface area contributed by atoms with Gasteiger partial charge in [-0.25, -0.2) is 4.39 Å². The minimum Gasteiger partial charge on any atom is -0.325 e. The van der Waals surface area contributed by atoms with Gasteiger partial charge in [-0.3, -0.25) is 4.79 Å². The van der Waals surface area contributed by atoms with E-state index >= 15 is 0 Å². The summed E-state index contributed by atoms with van der Waals surface area (Å²) in [6.45, 7) is 1.77. The Morgan fingerprint density at radius 1 is 1.24 bits per heavy atom. The van der Waals surface area contributed by atoms with Crippen molar-refractivity contribution in [2.75, 3.05) is 5.32 Å². The average Bonchev–Trinajstić information content (AvgIpc) is 2.49. The molecule has 0 aliphatic carbocycles. The first kappa shape index (κ1) is 15.7. The molecule has 0 aliphatic rings. The van der Waals surface area contributed by atoms with Crippen molar-refractivity contribution in [1.82, 2.24) is 0 Å². The lowest BCUT2D eigenvalue weighted by Gasteiger charge is -2.20. The number of amides is 1. The fourth-order valence-corrected chi connectivity index (χ4v) is 2.41. The molecule has 2 atom stereocenters.